The Labute approximate surface area is 147 Å². The van der Waals surface area contributed by atoms with Gasteiger partial charge in [0.25, 0.3) is 0 Å². The summed E-state index contributed by atoms with van der Waals surface area (Å²) in [7, 11) is 0. The fraction of sp³-hybridized carbons (Fsp3) is 0.368. The zero-order valence-electron chi connectivity index (χ0n) is 14.9. The number of nitrogens with zero attached hydrogens (tertiary/aromatic N) is 4. The number of amides is 1. The lowest BCUT2D eigenvalue weighted by Gasteiger charge is -2.08. The van der Waals surface area contributed by atoms with Crippen LogP contribution >= 0.6 is 0 Å². The standard InChI is InChI=1S/C19H23N5O/c1-4-5-8-24-19(22-18(23-24)11-17(20)25)14-6-7-15-12(2)9-13(3)21-16(15)10-14/h6-7,9-10H,4-5,8,11H2,1-3H3,(H2,20,25). The van der Waals surface area contributed by atoms with E-state index < -0.39 is 5.91 Å². The molecule has 1 amide bonds. The number of nitrogens with two attached hydrogens (primary N) is 1. The minimum Gasteiger partial charge on any atom is -0.369 e. The summed E-state index contributed by atoms with van der Waals surface area (Å²) in [5.41, 5.74) is 9.38. The number of carbonyl (C=O) groups excluding carboxylic acids is 1. The number of hydrogen-bond acceptors (Lipinski definition) is 4. The molecule has 0 aliphatic rings. The van der Waals surface area contributed by atoms with Crippen LogP contribution in [0.25, 0.3) is 22.3 Å². The van der Waals surface area contributed by atoms with Crippen molar-refractivity contribution in [2.45, 2.75) is 46.6 Å². The van der Waals surface area contributed by atoms with Gasteiger partial charge in [-0.05, 0) is 38.0 Å². The van der Waals surface area contributed by atoms with Gasteiger partial charge >= 0.3 is 0 Å². The van der Waals surface area contributed by atoms with Gasteiger partial charge in [-0.1, -0.05) is 25.5 Å². The molecular weight excluding hydrogens is 314 g/mol. The number of pyridine rings is 1. The van der Waals surface area contributed by atoms with Gasteiger partial charge < -0.3 is 5.73 Å². The third kappa shape index (κ3) is 3.68. The first-order valence-electron chi connectivity index (χ1n) is 8.58. The number of carbonyl (C=O) groups is 1. The van der Waals surface area contributed by atoms with Gasteiger partial charge in [0.05, 0.1) is 11.9 Å². The first kappa shape index (κ1) is 17.1. The van der Waals surface area contributed by atoms with E-state index in [0.29, 0.717) is 5.82 Å². The highest BCUT2D eigenvalue weighted by molar-refractivity contribution is 5.86. The van der Waals surface area contributed by atoms with Crippen LogP contribution in [0.4, 0.5) is 0 Å². The number of rotatable bonds is 6. The minimum absolute atomic E-state index is 0.0518. The number of unbranched alkanes of at least 4 members (excludes halogenated alkanes) is 1. The van der Waals surface area contributed by atoms with E-state index in [4.69, 9.17) is 5.73 Å². The zero-order valence-corrected chi connectivity index (χ0v) is 14.9. The lowest BCUT2D eigenvalue weighted by atomic mass is 10.1. The Morgan fingerprint density at radius 3 is 2.72 bits per heavy atom. The van der Waals surface area contributed by atoms with Crippen LogP contribution in [-0.2, 0) is 17.8 Å². The first-order valence-corrected chi connectivity index (χ1v) is 8.58. The summed E-state index contributed by atoms with van der Waals surface area (Å²) < 4.78 is 1.87. The molecule has 6 nitrogen and oxygen atoms in total. The molecule has 0 saturated heterocycles. The molecular formula is C19H23N5O. The Bertz CT molecular complexity index is 929. The van der Waals surface area contributed by atoms with E-state index in [1.54, 1.807) is 0 Å². The number of aromatic nitrogens is 4. The molecule has 25 heavy (non-hydrogen) atoms. The molecule has 0 bridgehead atoms. The van der Waals surface area contributed by atoms with Crippen molar-refractivity contribution in [2.75, 3.05) is 0 Å². The molecule has 2 aromatic heterocycles. The van der Waals surface area contributed by atoms with Crippen molar-refractivity contribution in [3.05, 3.63) is 41.3 Å². The molecule has 3 rings (SSSR count). The quantitative estimate of drug-likeness (QED) is 0.749. The Kier molecular flexibility index (Phi) is 4.79. The predicted octanol–water partition coefficient (Wildman–Crippen LogP) is 2.94. The van der Waals surface area contributed by atoms with Crippen LogP contribution < -0.4 is 5.73 Å². The monoisotopic (exact) mass is 337 g/mol. The maximum Gasteiger partial charge on any atom is 0.225 e. The second-order valence-corrected chi connectivity index (χ2v) is 6.38. The Morgan fingerprint density at radius 2 is 2.00 bits per heavy atom. The third-order valence-corrected chi connectivity index (χ3v) is 4.17. The van der Waals surface area contributed by atoms with Gasteiger partial charge in [-0.25, -0.2) is 9.67 Å². The molecule has 2 heterocycles. The number of benzene rings is 1. The van der Waals surface area contributed by atoms with Gasteiger partial charge in [0.15, 0.2) is 11.6 Å². The van der Waals surface area contributed by atoms with Crippen molar-refractivity contribution in [1.29, 1.82) is 0 Å². The largest absolute Gasteiger partial charge is 0.369 e. The van der Waals surface area contributed by atoms with E-state index in [9.17, 15) is 4.79 Å². The second kappa shape index (κ2) is 7.01. The topological polar surface area (TPSA) is 86.7 Å². The van der Waals surface area contributed by atoms with Crippen molar-refractivity contribution >= 4 is 16.8 Å². The molecule has 0 spiro atoms. The fourth-order valence-electron chi connectivity index (χ4n) is 3.01. The van der Waals surface area contributed by atoms with E-state index in [0.717, 1.165) is 47.4 Å². The smallest absolute Gasteiger partial charge is 0.225 e. The van der Waals surface area contributed by atoms with Gasteiger partial charge in [-0.2, -0.15) is 5.10 Å². The summed E-state index contributed by atoms with van der Waals surface area (Å²) >= 11 is 0. The fourth-order valence-corrected chi connectivity index (χ4v) is 3.01. The summed E-state index contributed by atoms with van der Waals surface area (Å²) in [5, 5.41) is 5.59. The average Bonchev–Trinajstić information content (AvgIpc) is 2.94. The Balaban J connectivity index is 2.08. The maximum absolute atomic E-state index is 11.2. The molecule has 0 aliphatic carbocycles. The van der Waals surface area contributed by atoms with Crippen LogP contribution in [-0.4, -0.2) is 25.7 Å². The number of hydrogen-bond donors (Lipinski definition) is 1. The van der Waals surface area contributed by atoms with Crippen molar-refractivity contribution in [3.63, 3.8) is 0 Å². The highest BCUT2D eigenvalue weighted by atomic mass is 16.1. The normalized spacial score (nSPS) is 11.2. The molecule has 0 atom stereocenters. The van der Waals surface area contributed by atoms with Crippen molar-refractivity contribution in [1.82, 2.24) is 19.7 Å². The molecule has 130 valence electrons. The summed E-state index contributed by atoms with van der Waals surface area (Å²) in [5.74, 6) is 0.797. The molecule has 0 fully saturated rings. The number of primary amides is 1. The SMILES string of the molecule is CCCCn1nc(CC(N)=O)nc1-c1ccc2c(C)cc(C)nc2c1. The third-order valence-electron chi connectivity index (χ3n) is 4.17. The first-order chi connectivity index (χ1) is 12.0. The van der Waals surface area contributed by atoms with Crippen molar-refractivity contribution in [2.24, 2.45) is 5.73 Å². The van der Waals surface area contributed by atoms with E-state index >= 15 is 0 Å². The van der Waals surface area contributed by atoms with E-state index in [2.05, 4.69) is 41.0 Å². The molecule has 0 radical (unpaired) electrons. The van der Waals surface area contributed by atoms with E-state index in [1.807, 2.05) is 23.7 Å². The van der Waals surface area contributed by atoms with Crippen molar-refractivity contribution < 1.29 is 4.79 Å². The van der Waals surface area contributed by atoms with Gasteiger partial charge in [0.2, 0.25) is 5.91 Å². The maximum atomic E-state index is 11.2. The summed E-state index contributed by atoms with van der Waals surface area (Å²) in [6.07, 6.45) is 2.11. The summed E-state index contributed by atoms with van der Waals surface area (Å²) in [6, 6.07) is 8.22. The van der Waals surface area contributed by atoms with E-state index in [-0.39, 0.29) is 6.42 Å². The summed E-state index contributed by atoms with van der Waals surface area (Å²) in [4.78, 5) is 20.4. The van der Waals surface area contributed by atoms with Gasteiger partial charge in [0, 0.05) is 23.2 Å². The van der Waals surface area contributed by atoms with E-state index in [1.165, 1.54) is 5.56 Å². The molecule has 1 aromatic carbocycles. The second-order valence-electron chi connectivity index (χ2n) is 6.38. The minimum atomic E-state index is -0.425. The van der Waals surface area contributed by atoms with Crippen LogP contribution in [0.3, 0.4) is 0 Å². The molecule has 6 heteroatoms. The Morgan fingerprint density at radius 1 is 1.20 bits per heavy atom. The van der Waals surface area contributed by atoms with Gasteiger partial charge in [-0.15, -0.1) is 0 Å². The lowest BCUT2D eigenvalue weighted by Crippen LogP contribution is -2.14. The highest BCUT2D eigenvalue weighted by Gasteiger charge is 2.14. The van der Waals surface area contributed by atoms with Crippen LogP contribution in [0.2, 0.25) is 0 Å². The lowest BCUT2D eigenvalue weighted by molar-refractivity contribution is -0.117. The van der Waals surface area contributed by atoms with Crippen LogP contribution in [0.5, 0.6) is 0 Å². The average molecular weight is 337 g/mol. The molecule has 0 unspecified atom stereocenters. The summed E-state index contributed by atoms with van der Waals surface area (Å²) in [6.45, 7) is 6.97. The van der Waals surface area contributed by atoms with Crippen molar-refractivity contribution in [3.8, 4) is 11.4 Å². The molecule has 0 saturated carbocycles. The van der Waals surface area contributed by atoms with Crippen LogP contribution in [0.15, 0.2) is 24.3 Å². The van der Waals surface area contributed by atoms with Crippen LogP contribution in [0, 0.1) is 13.8 Å². The predicted molar refractivity (Wildman–Crippen MR) is 98.0 cm³/mol. The van der Waals surface area contributed by atoms with Gasteiger partial charge in [0.1, 0.15) is 0 Å². The Hall–Kier alpha value is -2.76. The molecule has 0 aliphatic heterocycles. The number of aryl methyl sites for hydroxylation is 3. The van der Waals surface area contributed by atoms with Crippen LogP contribution in [0.1, 0.15) is 36.8 Å². The molecule has 2 N–H and O–H groups in total. The highest BCUT2D eigenvalue weighted by Crippen LogP contribution is 2.25. The number of fused-ring (bicyclic) bond motifs is 1. The molecule has 3 aromatic rings. The zero-order chi connectivity index (χ0) is 18.0. The van der Waals surface area contributed by atoms with Gasteiger partial charge in [-0.3, -0.25) is 9.78 Å².